The van der Waals surface area contributed by atoms with E-state index >= 15 is 0 Å². The molecule has 0 saturated carbocycles. The van der Waals surface area contributed by atoms with E-state index in [0.717, 1.165) is 34.9 Å². The Hall–Kier alpha value is -2.29. The first-order valence-electron chi connectivity index (χ1n) is 7.72. The third-order valence-corrected chi connectivity index (χ3v) is 5.04. The molecule has 2 aliphatic heterocycles. The maximum atomic E-state index is 12.3. The molecule has 0 atom stereocenters. The second-order valence-electron chi connectivity index (χ2n) is 5.67. The summed E-state index contributed by atoms with van der Waals surface area (Å²) in [7, 11) is 2.86. The summed E-state index contributed by atoms with van der Waals surface area (Å²) < 4.78 is 2.14. The molecule has 0 aliphatic carbocycles. The summed E-state index contributed by atoms with van der Waals surface area (Å²) in [5.41, 5.74) is 0.193. The highest BCUT2D eigenvalue weighted by Gasteiger charge is 2.24. The molecule has 0 aromatic carbocycles. The number of aromatic nitrogens is 2. The Bertz CT molecular complexity index is 852. The van der Waals surface area contributed by atoms with Crippen molar-refractivity contribution >= 4 is 22.8 Å². The molecule has 128 valence electrons. The maximum absolute atomic E-state index is 12.3. The van der Waals surface area contributed by atoms with E-state index in [1.165, 1.54) is 24.7 Å². The standard InChI is InChI=1S/C15H19N5O3S/c1-18-11(8-12(21)19(2)15(18)23)13(22)16-6-4-10-9-24-14-17-5-3-7-20(10)14/h8-9H,3-7H2,1-2H3,(H,16,22). The van der Waals surface area contributed by atoms with E-state index in [1.807, 2.05) is 0 Å². The average molecular weight is 349 g/mol. The SMILES string of the molecule is Cn1c(C(=O)NCCC2=CSC3=NCCCN23)cc(=O)n(C)c1=O. The minimum Gasteiger partial charge on any atom is -0.350 e. The van der Waals surface area contributed by atoms with Crippen LogP contribution >= 0.6 is 11.8 Å². The molecule has 3 heterocycles. The molecule has 8 nitrogen and oxygen atoms in total. The molecule has 24 heavy (non-hydrogen) atoms. The van der Waals surface area contributed by atoms with Crippen LogP contribution in [0.2, 0.25) is 0 Å². The Morgan fingerprint density at radius 3 is 2.92 bits per heavy atom. The van der Waals surface area contributed by atoms with Crippen molar-refractivity contribution in [3.05, 3.63) is 43.7 Å². The molecular formula is C15H19N5O3S. The van der Waals surface area contributed by atoms with E-state index in [-0.39, 0.29) is 5.69 Å². The van der Waals surface area contributed by atoms with Crippen LogP contribution < -0.4 is 16.6 Å². The Labute approximate surface area is 142 Å². The number of hydrogen-bond donors (Lipinski definition) is 1. The lowest BCUT2D eigenvalue weighted by Crippen LogP contribution is -2.41. The molecule has 2 aliphatic rings. The Balaban J connectivity index is 1.63. The van der Waals surface area contributed by atoms with E-state index in [1.54, 1.807) is 11.8 Å². The largest absolute Gasteiger partial charge is 0.350 e. The molecule has 3 rings (SSSR count). The normalized spacial score (nSPS) is 16.5. The van der Waals surface area contributed by atoms with Crippen LogP contribution in [0.15, 0.2) is 31.8 Å². The van der Waals surface area contributed by atoms with Crippen molar-refractivity contribution in [1.29, 1.82) is 0 Å². The van der Waals surface area contributed by atoms with Gasteiger partial charge in [-0.05, 0) is 11.8 Å². The van der Waals surface area contributed by atoms with Crippen molar-refractivity contribution in [1.82, 2.24) is 19.4 Å². The van der Waals surface area contributed by atoms with Crippen molar-refractivity contribution in [2.45, 2.75) is 12.8 Å². The predicted octanol–water partition coefficient (Wildman–Crippen LogP) is -0.146. The minimum atomic E-state index is -0.517. The summed E-state index contributed by atoms with van der Waals surface area (Å²) in [6, 6.07) is 1.18. The zero-order valence-electron chi connectivity index (χ0n) is 13.6. The van der Waals surface area contributed by atoms with Crippen LogP contribution in [0.1, 0.15) is 23.3 Å². The lowest BCUT2D eigenvalue weighted by Gasteiger charge is -2.25. The van der Waals surface area contributed by atoms with Gasteiger partial charge in [0.25, 0.3) is 11.5 Å². The fraction of sp³-hybridized carbons (Fsp3) is 0.467. The quantitative estimate of drug-likeness (QED) is 0.817. The zero-order chi connectivity index (χ0) is 17.3. The third-order valence-electron chi connectivity index (χ3n) is 4.09. The number of nitrogens with zero attached hydrogens (tertiary/aromatic N) is 4. The number of hydrogen-bond acceptors (Lipinski definition) is 6. The smallest absolute Gasteiger partial charge is 0.331 e. The lowest BCUT2D eigenvalue weighted by molar-refractivity contribution is 0.0943. The van der Waals surface area contributed by atoms with Gasteiger partial charge in [-0.15, -0.1) is 0 Å². The summed E-state index contributed by atoms with van der Waals surface area (Å²) in [6.07, 6.45) is 1.71. The highest BCUT2D eigenvalue weighted by Crippen LogP contribution is 2.30. The first-order valence-corrected chi connectivity index (χ1v) is 8.60. The molecule has 1 aromatic heterocycles. The number of carbonyl (C=O) groups excluding carboxylic acids is 1. The summed E-state index contributed by atoms with van der Waals surface area (Å²) >= 11 is 1.61. The van der Waals surface area contributed by atoms with Gasteiger partial charge in [0, 0.05) is 51.9 Å². The molecular weight excluding hydrogens is 330 g/mol. The molecule has 0 radical (unpaired) electrons. The predicted molar refractivity (Wildman–Crippen MR) is 93.2 cm³/mol. The van der Waals surface area contributed by atoms with E-state index in [2.05, 4.69) is 20.6 Å². The summed E-state index contributed by atoms with van der Waals surface area (Å²) in [4.78, 5) is 42.5. The van der Waals surface area contributed by atoms with Gasteiger partial charge in [-0.25, -0.2) is 4.79 Å². The van der Waals surface area contributed by atoms with Crippen molar-refractivity contribution in [2.75, 3.05) is 19.6 Å². The van der Waals surface area contributed by atoms with Gasteiger partial charge in [-0.1, -0.05) is 11.8 Å². The van der Waals surface area contributed by atoms with Gasteiger partial charge >= 0.3 is 5.69 Å². The van der Waals surface area contributed by atoms with Crippen molar-refractivity contribution in [3.8, 4) is 0 Å². The number of nitrogens with one attached hydrogen (secondary N) is 1. The van der Waals surface area contributed by atoms with Gasteiger partial charge in [0.05, 0.1) is 0 Å². The number of carbonyl (C=O) groups is 1. The highest BCUT2D eigenvalue weighted by atomic mass is 32.2. The van der Waals surface area contributed by atoms with Gasteiger partial charge in [-0.2, -0.15) is 0 Å². The van der Waals surface area contributed by atoms with Crippen LogP contribution in [0.3, 0.4) is 0 Å². The molecule has 1 aromatic rings. The van der Waals surface area contributed by atoms with Crippen molar-refractivity contribution in [2.24, 2.45) is 19.1 Å². The maximum Gasteiger partial charge on any atom is 0.331 e. The van der Waals surface area contributed by atoms with Gasteiger partial charge in [0.1, 0.15) is 5.69 Å². The van der Waals surface area contributed by atoms with Gasteiger partial charge in [0.15, 0.2) is 5.17 Å². The fourth-order valence-electron chi connectivity index (χ4n) is 2.68. The van der Waals surface area contributed by atoms with Crippen LogP contribution in [-0.4, -0.2) is 44.7 Å². The lowest BCUT2D eigenvalue weighted by atomic mass is 10.2. The summed E-state index contributed by atoms with van der Waals surface area (Å²) in [5, 5.41) is 5.86. The number of aliphatic imine (C=N–C) groups is 1. The summed E-state index contributed by atoms with van der Waals surface area (Å²) in [5.74, 6) is -0.425. The van der Waals surface area contributed by atoms with Crippen LogP contribution in [0.25, 0.3) is 0 Å². The highest BCUT2D eigenvalue weighted by molar-refractivity contribution is 8.16. The third kappa shape index (κ3) is 3.03. The molecule has 1 amide bonds. The number of rotatable bonds is 4. The second kappa shape index (κ2) is 6.68. The number of amides is 1. The van der Waals surface area contributed by atoms with E-state index in [0.29, 0.717) is 13.0 Å². The molecule has 0 unspecified atom stereocenters. The van der Waals surface area contributed by atoms with Gasteiger partial charge in [0.2, 0.25) is 0 Å². The zero-order valence-corrected chi connectivity index (χ0v) is 14.4. The first kappa shape index (κ1) is 16.6. The molecule has 0 spiro atoms. The van der Waals surface area contributed by atoms with Crippen molar-refractivity contribution < 1.29 is 4.79 Å². The molecule has 1 N–H and O–H groups in total. The molecule has 0 saturated heterocycles. The molecule has 0 fully saturated rings. The van der Waals surface area contributed by atoms with Crippen LogP contribution in [0, 0.1) is 0 Å². The fourth-order valence-corrected chi connectivity index (χ4v) is 3.66. The van der Waals surface area contributed by atoms with Gasteiger partial charge in [-0.3, -0.25) is 23.7 Å². The van der Waals surface area contributed by atoms with E-state index in [4.69, 9.17) is 0 Å². The second-order valence-corrected chi connectivity index (χ2v) is 6.51. The number of thioether (sulfide) groups is 1. The number of amidine groups is 1. The average Bonchev–Trinajstić information content (AvgIpc) is 2.99. The van der Waals surface area contributed by atoms with Gasteiger partial charge < -0.3 is 10.2 Å². The molecule has 0 bridgehead atoms. The van der Waals surface area contributed by atoms with Crippen LogP contribution in [0.4, 0.5) is 0 Å². The summed E-state index contributed by atoms with van der Waals surface area (Å²) in [6.45, 7) is 2.25. The monoisotopic (exact) mass is 349 g/mol. The number of fused-ring (bicyclic) bond motifs is 1. The van der Waals surface area contributed by atoms with Crippen molar-refractivity contribution in [3.63, 3.8) is 0 Å². The van der Waals surface area contributed by atoms with Crippen LogP contribution in [-0.2, 0) is 14.1 Å². The Morgan fingerprint density at radius 2 is 2.12 bits per heavy atom. The van der Waals surface area contributed by atoms with E-state index in [9.17, 15) is 14.4 Å². The molecule has 9 heteroatoms. The first-order chi connectivity index (χ1) is 11.5. The minimum absolute atomic E-state index is 0.0677. The topological polar surface area (TPSA) is 88.7 Å². The Kier molecular flexibility index (Phi) is 4.61. The van der Waals surface area contributed by atoms with Crippen LogP contribution in [0.5, 0.6) is 0 Å². The van der Waals surface area contributed by atoms with E-state index < -0.39 is 17.2 Å². The Morgan fingerprint density at radius 1 is 1.33 bits per heavy atom.